The number of fused-ring (bicyclic) bond motifs is 1. The van der Waals surface area contributed by atoms with E-state index in [1.165, 1.54) is 5.56 Å². The Morgan fingerprint density at radius 3 is 2.57 bits per heavy atom. The molecule has 0 spiro atoms. The zero-order valence-corrected chi connectivity index (χ0v) is 12.5. The number of nitrogens with zero attached hydrogens (tertiary/aromatic N) is 2. The van der Waals surface area contributed by atoms with Gasteiger partial charge < -0.3 is 9.80 Å². The van der Waals surface area contributed by atoms with Gasteiger partial charge in [0.1, 0.15) is 6.42 Å². The molecular weight excluding hydrogens is 264 g/mol. The molecule has 21 heavy (non-hydrogen) atoms. The van der Waals surface area contributed by atoms with E-state index < -0.39 is 0 Å². The smallest absolute Gasteiger partial charge is 0.236 e. The summed E-state index contributed by atoms with van der Waals surface area (Å²) < 4.78 is 0. The molecule has 1 aromatic rings. The van der Waals surface area contributed by atoms with E-state index in [1.54, 1.807) is 4.90 Å². The van der Waals surface area contributed by atoms with Crippen LogP contribution in [-0.2, 0) is 16.0 Å². The van der Waals surface area contributed by atoms with Crippen LogP contribution in [0.2, 0.25) is 0 Å². The van der Waals surface area contributed by atoms with Gasteiger partial charge in [-0.15, -0.1) is 0 Å². The lowest BCUT2D eigenvalue weighted by molar-refractivity contribution is -0.136. The maximum absolute atomic E-state index is 12.4. The van der Waals surface area contributed by atoms with Crippen LogP contribution in [0.15, 0.2) is 24.3 Å². The Balaban J connectivity index is 1.61. The highest BCUT2D eigenvalue weighted by atomic mass is 16.2. The lowest BCUT2D eigenvalue weighted by Gasteiger charge is -2.30. The maximum atomic E-state index is 12.4. The Morgan fingerprint density at radius 1 is 1.10 bits per heavy atom. The number of amides is 2. The van der Waals surface area contributed by atoms with Gasteiger partial charge in [0.25, 0.3) is 0 Å². The zero-order chi connectivity index (χ0) is 14.8. The number of likely N-dealkylation sites (tertiary alicyclic amines) is 1. The molecule has 112 valence electrons. The minimum Gasteiger partial charge on any atom is -0.342 e. The van der Waals surface area contributed by atoms with Gasteiger partial charge in [0.05, 0.1) is 0 Å². The van der Waals surface area contributed by atoms with Gasteiger partial charge in [-0.3, -0.25) is 9.59 Å². The molecular formula is C17H22N2O2. The van der Waals surface area contributed by atoms with Crippen molar-refractivity contribution in [2.45, 2.75) is 32.6 Å². The molecule has 4 nitrogen and oxygen atoms in total. The van der Waals surface area contributed by atoms with Crippen molar-refractivity contribution in [1.82, 2.24) is 4.90 Å². The van der Waals surface area contributed by atoms with Gasteiger partial charge in [-0.05, 0) is 36.8 Å². The third kappa shape index (κ3) is 2.94. The highest BCUT2D eigenvalue weighted by molar-refractivity contribution is 6.05. The molecule has 3 rings (SSSR count). The Bertz CT molecular complexity index is 547. The molecule has 1 fully saturated rings. The van der Waals surface area contributed by atoms with Crippen LogP contribution in [0.4, 0.5) is 5.69 Å². The molecule has 2 amide bonds. The molecule has 2 aliphatic heterocycles. The fourth-order valence-electron chi connectivity index (χ4n) is 3.19. The molecule has 0 bridgehead atoms. The Kier molecular flexibility index (Phi) is 3.95. The summed E-state index contributed by atoms with van der Waals surface area (Å²) in [6.07, 6.45) is 2.99. The lowest BCUT2D eigenvalue weighted by Crippen LogP contribution is -2.41. The van der Waals surface area contributed by atoms with Crippen molar-refractivity contribution in [1.29, 1.82) is 0 Å². The molecule has 0 unspecified atom stereocenters. The Morgan fingerprint density at radius 2 is 1.81 bits per heavy atom. The molecule has 2 heterocycles. The van der Waals surface area contributed by atoms with E-state index in [2.05, 4.69) is 13.0 Å². The Labute approximate surface area is 125 Å². The summed E-state index contributed by atoms with van der Waals surface area (Å²) in [4.78, 5) is 28.3. The molecule has 1 saturated heterocycles. The first-order valence-electron chi connectivity index (χ1n) is 7.81. The van der Waals surface area contributed by atoms with Crippen LogP contribution in [0.25, 0.3) is 0 Å². The van der Waals surface area contributed by atoms with Crippen molar-refractivity contribution in [3.8, 4) is 0 Å². The van der Waals surface area contributed by atoms with Crippen LogP contribution in [0, 0.1) is 5.92 Å². The highest BCUT2D eigenvalue weighted by Gasteiger charge is 2.28. The van der Waals surface area contributed by atoms with E-state index in [-0.39, 0.29) is 18.2 Å². The first-order valence-corrected chi connectivity index (χ1v) is 7.81. The SMILES string of the molecule is CC1CCN(C(=O)CC(=O)N2CCc3ccccc32)CC1. The number of para-hydroxylation sites is 1. The van der Waals surface area contributed by atoms with Crippen LogP contribution in [-0.4, -0.2) is 36.3 Å². The fourth-order valence-corrected chi connectivity index (χ4v) is 3.19. The summed E-state index contributed by atoms with van der Waals surface area (Å²) in [5.41, 5.74) is 2.17. The predicted molar refractivity (Wildman–Crippen MR) is 82.1 cm³/mol. The Hall–Kier alpha value is -1.84. The van der Waals surface area contributed by atoms with Crippen molar-refractivity contribution in [3.05, 3.63) is 29.8 Å². The van der Waals surface area contributed by atoms with Gasteiger partial charge in [0.2, 0.25) is 11.8 Å². The second kappa shape index (κ2) is 5.88. The first-order chi connectivity index (χ1) is 10.1. The third-order valence-electron chi connectivity index (χ3n) is 4.63. The number of benzene rings is 1. The number of anilines is 1. The first kappa shape index (κ1) is 14.1. The fraction of sp³-hybridized carbons (Fsp3) is 0.529. The normalized spacial score (nSPS) is 18.7. The lowest BCUT2D eigenvalue weighted by atomic mass is 9.99. The number of carbonyl (C=O) groups excluding carboxylic acids is 2. The summed E-state index contributed by atoms with van der Waals surface area (Å²) in [7, 11) is 0. The molecule has 0 radical (unpaired) electrons. The van der Waals surface area contributed by atoms with Crippen LogP contribution >= 0.6 is 0 Å². The van der Waals surface area contributed by atoms with E-state index >= 15 is 0 Å². The van der Waals surface area contributed by atoms with Crippen LogP contribution < -0.4 is 4.90 Å². The molecule has 0 saturated carbocycles. The topological polar surface area (TPSA) is 40.6 Å². The molecule has 4 heteroatoms. The van der Waals surface area contributed by atoms with Gasteiger partial charge in [-0.25, -0.2) is 0 Å². The van der Waals surface area contributed by atoms with Gasteiger partial charge >= 0.3 is 0 Å². The molecule has 0 aliphatic carbocycles. The predicted octanol–water partition coefficient (Wildman–Crippen LogP) is 2.22. The van der Waals surface area contributed by atoms with Crippen LogP contribution in [0.1, 0.15) is 31.7 Å². The summed E-state index contributed by atoms with van der Waals surface area (Å²) in [6, 6.07) is 7.95. The molecule has 0 aromatic heterocycles. The van der Waals surface area contributed by atoms with E-state index in [0.717, 1.165) is 38.0 Å². The van der Waals surface area contributed by atoms with Crippen molar-refractivity contribution >= 4 is 17.5 Å². The summed E-state index contributed by atoms with van der Waals surface area (Å²) in [5, 5.41) is 0. The minimum absolute atomic E-state index is 0.00269. The van der Waals surface area contributed by atoms with Crippen molar-refractivity contribution in [2.75, 3.05) is 24.5 Å². The number of piperidine rings is 1. The maximum Gasteiger partial charge on any atom is 0.236 e. The molecule has 1 aromatic carbocycles. The average molecular weight is 286 g/mol. The summed E-state index contributed by atoms with van der Waals surface area (Å²) in [6.45, 7) is 4.50. The number of carbonyl (C=O) groups is 2. The summed E-state index contributed by atoms with van der Waals surface area (Å²) in [5.74, 6) is 0.607. The standard InChI is InChI=1S/C17H22N2O2/c1-13-6-9-18(10-7-13)16(20)12-17(21)19-11-8-14-4-2-3-5-15(14)19/h2-5,13H,6-12H2,1H3. The number of hydrogen-bond donors (Lipinski definition) is 0. The van der Waals surface area contributed by atoms with Gasteiger partial charge in [0.15, 0.2) is 0 Å². The second-order valence-electron chi connectivity index (χ2n) is 6.16. The largest absolute Gasteiger partial charge is 0.342 e. The molecule has 0 N–H and O–H groups in total. The van der Waals surface area contributed by atoms with Crippen LogP contribution in [0.5, 0.6) is 0 Å². The number of rotatable bonds is 2. The highest BCUT2D eigenvalue weighted by Crippen LogP contribution is 2.28. The minimum atomic E-state index is -0.0661. The quantitative estimate of drug-likeness (QED) is 0.782. The van der Waals surface area contributed by atoms with E-state index in [4.69, 9.17) is 0 Å². The van der Waals surface area contributed by atoms with E-state index in [1.807, 2.05) is 23.1 Å². The molecule has 2 aliphatic rings. The second-order valence-corrected chi connectivity index (χ2v) is 6.16. The van der Waals surface area contributed by atoms with Crippen molar-refractivity contribution in [2.24, 2.45) is 5.92 Å². The number of hydrogen-bond acceptors (Lipinski definition) is 2. The van der Waals surface area contributed by atoms with Crippen LogP contribution in [0.3, 0.4) is 0 Å². The monoisotopic (exact) mass is 286 g/mol. The van der Waals surface area contributed by atoms with Gasteiger partial charge in [0, 0.05) is 25.3 Å². The zero-order valence-electron chi connectivity index (χ0n) is 12.5. The van der Waals surface area contributed by atoms with Crippen molar-refractivity contribution < 1.29 is 9.59 Å². The van der Waals surface area contributed by atoms with E-state index in [0.29, 0.717) is 12.5 Å². The van der Waals surface area contributed by atoms with Crippen molar-refractivity contribution in [3.63, 3.8) is 0 Å². The average Bonchev–Trinajstić information content (AvgIpc) is 2.92. The third-order valence-corrected chi connectivity index (χ3v) is 4.63. The molecule has 0 atom stereocenters. The van der Waals surface area contributed by atoms with Gasteiger partial charge in [-0.2, -0.15) is 0 Å². The van der Waals surface area contributed by atoms with Gasteiger partial charge in [-0.1, -0.05) is 25.1 Å². The summed E-state index contributed by atoms with van der Waals surface area (Å²) >= 11 is 0. The van der Waals surface area contributed by atoms with E-state index in [9.17, 15) is 9.59 Å².